The molecule has 19 heavy (non-hydrogen) atoms. The Morgan fingerprint density at radius 1 is 1.32 bits per heavy atom. The van der Waals surface area contributed by atoms with Gasteiger partial charge in [-0.15, -0.1) is 0 Å². The Morgan fingerprint density at radius 2 is 1.95 bits per heavy atom. The van der Waals surface area contributed by atoms with Crippen LogP contribution in [-0.2, 0) is 11.2 Å². The normalized spacial score (nSPS) is 13.9. The molecule has 0 atom stereocenters. The maximum atomic E-state index is 11.8. The summed E-state index contributed by atoms with van der Waals surface area (Å²) < 4.78 is 0. The van der Waals surface area contributed by atoms with Gasteiger partial charge in [-0.1, -0.05) is 12.1 Å². The Balaban J connectivity index is 1.87. The second kappa shape index (κ2) is 5.73. The number of urea groups is 1. The highest BCUT2D eigenvalue weighted by molar-refractivity contribution is 5.89. The van der Waals surface area contributed by atoms with Crippen LogP contribution >= 0.6 is 0 Å². The van der Waals surface area contributed by atoms with Crippen molar-refractivity contribution >= 4 is 17.7 Å². The fraction of sp³-hybridized carbons (Fsp3) is 0.429. The SMILES string of the molecule is CN(C(=O)Nc1ccc(CCC(=O)O)cc1)C1CC1. The van der Waals surface area contributed by atoms with E-state index in [1.807, 2.05) is 12.1 Å². The Labute approximate surface area is 112 Å². The Morgan fingerprint density at radius 3 is 2.47 bits per heavy atom. The highest BCUT2D eigenvalue weighted by atomic mass is 16.4. The summed E-state index contributed by atoms with van der Waals surface area (Å²) in [5.74, 6) is -0.802. The van der Waals surface area contributed by atoms with E-state index in [-0.39, 0.29) is 12.5 Å². The summed E-state index contributed by atoms with van der Waals surface area (Å²) in [7, 11) is 1.80. The largest absolute Gasteiger partial charge is 0.481 e. The zero-order valence-corrected chi connectivity index (χ0v) is 10.9. The number of carboxylic acids is 1. The number of aryl methyl sites for hydroxylation is 1. The predicted octanol–water partition coefficient (Wildman–Crippen LogP) is 2.33. The lowest BCUT2D eigenvalue weighted by Crippen LogP contribution is -2.32. The van der Waals surface area contributed by atoms with E-state index in [1.54, 1.807) is 24.1 Å². The highest BCUT2D eigenvalue weighted by Crippen LogP contribution is 2.25. The molecule has 0 saturated heterocycles. The van der Waals surface area contributed by atoms with Gasteiger partial charge in [0.1, 0.15) is 0 Å². The highest BCUT2D eigenvalue weighted by Gasteiger charge is 2.29. The van der Waals surface area contributed by atoms with Crippen molar-refractivity contribution in [2.45, 2.75) is 31.7 Å². The summed E-state index contributed by atoms with van der Waals surface area (Å²) in [5, 5.41) is 11.4. The van der Waals surface area contributed by atoms with E-state index in [9.17, 15) is 9.59 Å². The van der Waals surface area contributed by atoms with Crippen LogP contribution in [0.2, 0.25) is 0 Å². The minimum absolute atomic E-state index is 0.0965. The Hall–Kier alpha value is -2.04. The number of nitrogens with zero attached hydrogens (tertiary/aromatic N) is 1. The van der Waals surface area contributed by atoms with Crippen molar-refractivity contribution < 1.29 is 14.7 Å². The van der Waals surface area contributed by atoms with Crippen molar-refractivity contribution in [2.75, 3.05) is 12.4 Å². The minimum atomic E-state index is -0.802. The van der Waals surface area contributed by atoms with Crippen LogP contribution in [0.3, 0.4) is 0 Å². The van der Waals surface area contributed by atoms with E-state index in [0.29, 0.717) is 12.5 Å². The lowest BCUT2D eigenvalue weighted by molar-refractivity contribution is -0.136. The number of amides is 2. The summed E-state index contributed by atoms with van der Waals surface area (Å²) in [6.45, 7) is 0. The molecule has 2 amide bonds. The number of aliphatic carboxylic acids is 1. The molecule has 1 aromatic carbocycles. The molecule has 0 unspecified atom stereocenters. The second-order valence-electron chi connectivity index (χ2n) is 4.86. The van der Waals surface area contributed by atoms with Gasteiger partial charge in [0.15, 0.2) is 0 Å². The average molecular weight is 262 g/mol. The van der Waals surface area contributed by atoms with Crippen molar-refractivity contribution in [2.24, 2.45) is 0 Å². The molecule has 0 bridgehead atoms. The van der Waals surface area contributed by atoms with Crippen LogP contribution in [0.15, 0.2) is 24.3 Å². The number of benzene rings is 1. The van der Waals surface area contributed by atoms with Crippen LogP contribution in [0, 0.1) is 0 Å². The van der Waals surface area contributed by atoms with Gasteiger partial charge in [0, 0.05) is 25.2 Å². The fourth-order valence-electron chi connectivity index (χ4n) is 1.85. The monoisotopic (exact) mass is 262 g/mol. The summed E-state index contributed by atoms with van der Waals surface area (Å²) in [6, 6.07) is 7.58. The summed E-state index contributed by atoms with van der Waals surface area (Å²) in [6.07, 6.45) is 2.79. The maximum absolute atomic E-state index is 11.8. The van der Waals surface area contributed by atoms with Crippen molar-refractivity contribution in [1.29, 1.82) is 0 Å². The first-order valence-electron chi connectivity index (χ1n) is 6.41. The lowest BCUT2D eigenvalue weighted by Gasteiger charge is -2.17. The number of carbonyl (C=O) groups is 2. The lowest BCUT2D eigenvalue weighted by atomic mass is 10.1. The quantitative estimate of drug-likeness (QED) is 0.855. The topological polar surface area (TPSA) is 69.6 Å². The number of anilines is 1. The van der Waals surface area contributed by atoms with Gasteiger partial charge in [-0.3, -0.25) is 4.79 Å². The third-order valence-electron chi connectivity index (χ3n) is 3.25. The molecule has 1 saturated carbocycles. The fourth-order valence-corrected chi connectivity index (χ4v) is 1.85. The van der Waals surface area contributed by atoms with Crippen LogP contribution in [0.5, 0.6) is 0 Å². The van der Waals surface area contributed by atoms with Gasteiger partial charge in [0.2, 0.25) is 0 Å². The average Bonchev–Trinajstić information content (AvgIpc) is 3.21. The van der Waals surface area contributed by atoms with Crippen molar-refractivity contribution in [3.63, 3.8) is 0 Å². The van der Waals surface area contributed by atoms with Crippen molar-refractivity contribution in [3.8, 4) is 0 Å². The molecule has 2 N–H and O–H groups in total. The van der Waals surface area contributed by atoms with Crippen LogP contribution in [0.1, 0.15) is 24.8 Å². The molecule has 0 heterocycles. The number of rotatable bonds is 5. The van der Waals surface area contributed by atoms with Gasteiger partial charge >= 0.3 is 12.0 Å². The first kappa shape index (κ1) is 13.4. The third-order valence-corrected chi connectivity index (χ3v) is 3.25. The number of nitrogens with one attached hydrogen (secondary N) is 1. The van der Waals surface area contributed by atoms with Gasteiger partial charge in [0.25, 0.3) is 0 Å². The summed E-state index contributed by atoms with van der Waals surface area (Å²) in [5.41, 5.74) is 1.69. The molecule has 102 valence electrons. The molecule has 1 aliphatic carbocycles. The first-order chi connectivity index (χ1) is 9.06. The molecule has 0 aliphatic heterocycles. The van der Waals surface area contributed by atoms with Crippen molar-refractivity contribution in [3.05, 3.63) is 29.8 Å². The van der Waals surface area contributed by atoms with Crippen LogP contribution in [0.25, 0.3) is 0 Å². The van der Waals surface area contributed by atoms with Gasteiger partial charge in [-0.2, -0.15) is 0 Å². The Bertz CT molecular complexity index is 466. The van der Waals surface area contributed by atoms with E-state index < -0.39 is 5.97 Å². The Kier molecular flexibility index (Phi) is 4.04. The number of carbonyl (C=O) groups excluding carboxylic acids is 1. The predicted molar refractivity (Wildman–Crippen MR) is 72.2 cm³/mol. The van der Waals surface area contributed by atoms with Gasteiger partial charge in [-0.05, 0) is 37.0 Å². The molecule has 0 aromatic heterocycles. The van der Waals surface area contributed by atoms with Gasteiger partial charge in [-0.25, -0.2) is 4.79 Å². The van der Waals surface area contributed by atoms with Crippen molar-refractivity contribution in [1.82, 2.24) is 4.90 Å². The first-order valence-corrected chi connectivity index (χ1v) is 6.41. The molecule has 1 aliphatic rings. The summed E-state index contributed by atoms with van der Waals surface area (Å²) >= 11 is 0. The third kappa shape index (κ3) is 3.98. The van der Waals surface area contributed by atoms with Crippen LogP contribution < -0.4 is 5.32 Å². The van der Waals surface area contributed by atoms with E-state index in [2.05, 4.69) is 5.32 Å². The van der Waals surface area contributed by atoms with Gasteiger partial charge < -0.3 is 15.3 Å². The molecular formula is C14H18N2O3. The maximum Gasteiger partial charge on any atom is 0.321 e. The standard InChI is InChI=1S/C14H18N2O3/c1-16(12-7-8-12)14(19)15-11-5-2-10(3-6-11)4-9-13(17)18/h2-3,5-6,12H,4,7-9H2,1H3,(H,15,19)(H,17,18). The van der Waals surface area contributed by atoms with Crippen LogP contribution in [-0.4, -0.2) is 35.1 Å². The molecule has 5 nitrogen and oxygen atoms in total. The van der Waals surface area contributed by atoms with E-state index in [4.69, 9.17) is 5.11 Å². The number of hydrogen-bond acceptors (Lipinski definition) is 2. The molecule has 1 fully saturated rings. The molecule has 1 aromatic rings. The smallest absolute Gasteiger partial charge is 0.321 e. The summed E-state index contributed by atoms with van der Waals surface area (Å²) in [4.78, 5) is 24.0. The van der Waals surface area contributed by atoms with Crippen LogP contribution in [0.4, 0.5) is 10.5 Å². The van der Waals surface area contributed by atoms with E-state index in [0.717, 1.165) is 24.1 Å². The minimum Gasteiger partial charge on any atom is -0.481 e. The second-order valence-corrected chi connectivity index (χ2v) is 4.86. The molecular weight excluding hydrogens is 244 g/mol. The van der Waals surface area contributed by atoms with E-state index >= 15 is 0 Å². The molecule has 5 heteroatoms. The molecule has 0 radical (unpaired) electrons. The molecule has 0 spiro atoms. The van der Waals surface area contributed by atoms with Gasteiger partial charge in [0.05, 0.1) is 0 Å². The zero-order valence-electron chi connectivity index (χ0n) is 10.9. The van der Waals surface area contributed by atoms with E-state index in [1.165, 1.54) is 0 Å². The number of hydrogen-bond donors (Lipinski definition) is 2. The zero-order chi connectivity index (χ0) is 13.8. The number of carboxylic acid groups (broad SMARTS) is 1. The molecule has 2 rings (SSSR count).